The molecule has 1 aromatic carbocycles. The fourth-order valence-electron chi connectivity index (χ4n) is 1.89. The van der Waals surface area contributed by atoms with Gasteiger partial charge in [0.15, 0.2) is 0 Å². The Bertz CT molecular complexity index is 273. The van der Waals surface area contributed by atoms with Crippen molar-refractivity contribution in [1.29, 1.82) is 0 Å². The molecule has 1 N–H and O–H groups in total. The standard InChI is InChI=1S/C14H23NS/c1-4-8-12(2)14(15-3)11-16-13-9-6-5-7-10-13/h5-7,9-10,12,14-15H,4,8,11H2,1-3H3. The van der Waals surface area contributed by atoms with Gasteiger partial charge in [0.2, 0.25) is 0 Å². The first-order valence-corrected chi connectivity index (χ1v) is 7.11. The maximum atomic E-state index is 3.44. The van der Waals surface area contributed by atoms with E-state index in [4.69, 9.17) is 0 Å². The summed E-state index contributed by atoms with van der Waals surface area (Å²) in [4.78, 5) is 1.37. The quantitative estimate of drug-likeness (QED) is 0.724. The topological polar surface area (TPSA) is 12.0 Å². The van der Waals surface area contributed by atoms with Gasteiger partial charge in [-0.1, -0.05) is 38.5 Å². The minimum Gasteiger partial charge on any atom is -0.316 e. The molecule has 0 saturated heterocycles. The summed E-state index contributed by atoms with van der Waals surface area (Å²) in [7, 11) is 2.07. The first kappa shape index (κ1) is 13.6. The lowest BCUT2D eigenvalue weighted by molar-refractivity contribution is 0.403. The molecule has 1 aromatic rings. The van der Waals surface area contributed by atoms with E-state index in [1.165, 1.54) is 17.7 Å². The Labute approximate surface area is 104 Å². The van der Waals surface area contributed by atoms with E-state index in [0.717, 1.165) is 11.7 Å². The molecule has 0 amide bonds. The van der Waals surface area contributed by atoms with Crippen molar-refractivity contribution in [3.05, 3.63) is 30.3 Å². The van der Waals surface area contributed by atoms with Gasteiger partial charge in [0.05, 0.1) is 0 Å². The van der Waals surface area contributed by atoms with E-state index in [9.17, 15) is 0 Å². The van der Waals surface area contributed by atoms with E-state index in [1.807, 2.05) is 11.8 Å². The predicted octanol–water partition coefficient (Wildman–Crippen LogP) is 3.80. The summed E-state index contributed by atoms with van der Waals surface area (Å²) in [5.41, 5.74) is 0. The Balaban J connectivity index is 2.39. The monoisotopic (exact) mass is 237 g/mol. The number of benzene rings is 1. The van der Waals surface area contributed by atoms with E-state index in [0.29, 0.717) is 6.04 Å². The van der Waals surface area contributed by atoms with Crippen molar-refractivity contribution in [2.24, 2.45) is 5.92 Å². The average molecular weight is 237 g/mol. The molecule has 1 rings (SSSR count). The molecule has 2 unspecified atom stereocenters. The van der Waals surface area contributed by atoms with Crippen LogP contribution in [0.4, 0.5) is 0 Å². The number of thioether (sulfide) groups is 1. The van der Waals surface area contributed by atoms with Crippen molar-refractivity contribution in [2.75, 3.05) is 12.8 Å². The highest BCUT2D eigenvalue weighted by atomic mass is 32.2. The maximum Gasteiger partial charge on any atom is 0.0184 e. The van der Waals surface area contributed by atoms with Gasteiger partial charge in [-0.3, -0.25) is 0 Å². The molecule has 0 spiro atoms. The van der Waals surface area contributed by atoms with E-state index >= 15 is 0 Å². The van der Waals surface area contributed by atoms with Crippen molar-refractivity contribution in [1.82, 2.24) is 5.32 Å². The van der Waals surface area contributed by atoms with Crippen molar-refractivity contribution in [3.63, 3.8) is 0 Å². The third-order valence-electron chi connectivity index (χ3n) is 2.97. The second-order valence-corrected chi connectivity index (χ2v) is 5.38. The third kappa shape index (κ3) is 4.58. The summed E-state index contributed by atoms with van der Waals surface area (Å²) in [6.45, 7) is 4.60. The molecule has 0 saturated carbocycles. The van der Waals surface area contributed by atoms with Gasteiger partial charge in [0.25, 0.3) is 0 Å². The molecule has 2 heteroatoms. The van der Waals surface area contributed by atoms with Crippen LogP contribution in [0.25, 0.3) is 0 Å². The Hall–Kier alpha value is -0.470. The fourth-order valence-corrected chi connectivity index (χ4v) is 3.11. The molecule has 0 aliphatic carbocycles. The zero-order chi connectivity index (χ0) is 11.8. The highest BCUT2D eigenvalue weighted by molar-refractivity contribution is 7.99. The summed E-state index contributed by atoms with van der Waals surface area (Å²) in [5.74, 6) is 1.91. The molecule has 0 bridgehead atoms. The van der Waals surface area contributed by atoms with Gasteiger partial charge in [0, 0.05) is 16.7 Å². The fraction of sp³-hybridized carbons (Fsp3) is 0.571. The Kier molecular flexibility index (Phi) is 6.58. The maximum absolute atomic E-state index is 3.44. The molecule has 0 aliphatic rings. The molecule has 16 heavy (non-hydrogen) atoms. The normalized spacial score (nSPS) is 14.7. The average Bonchev–Trinajstić information content (AvgIpc) is 2.31. The summed E-state index contributed by atoms with van der Waals surface area (Å²) >= 11 is 1.94. The number of hydrogen-bond donors (Lipinski definition) is 1. The Morgan fingerprint density at radius 2 is 1.94 bits per heavy atom. The summed E-state index contributed by atoms with van der Waals surface area (Å²) in [5, 5.41) is 3.44. The number of nitrogens with one attached hydrogen (secondary N) is 1. The SMILES string of the molecule is CCCC(C)C(CSc1ccccc1)NC. The molecule has 0 heterocycles. The summed E-state index contributed by atoms with van der Waals surface area (Å²) < 4.78 is 0. The van der Waals surface area contributed by atoms with Gasteiger partial charge in [-0.15, -0.1) is 11.8 Å². The second kappa shape index (κ2) is 7.75. The first-order chi connectivity index (χ1) is 7.77. The van der Waals surface area contributed by atoms with Gasteiger partial charge in [-0.2, -0.15) is 0 Å². The van der Waals surface area contributed by atoms with Crippen molar-refractivity contribution < 1.29 is 0 Å². The minimum absolute atomic E-state index is 0.616. The molecule has 0 fully saturated rings. The van der Waals surface area contributed by atoms with Gasteiger partial charge in [0.1, 0.15) is 0 Å². The molecule has 0 aromatic heterocycles. The first-order valence-electron chi connectivity index (χ1n) is 6.13. The highest BCUT2D eigenvalue weighted by Crippen LogP contribution is 2.21. The molecule has 2 atom stereocenters. The van der Waals surface area contributed by atoms with Gasteiger partial charge < -0.3 is 5.32 Å². The van der Waals surface area contributed by atoms with Gasteiger partial charge >= 0.3 is 0 Å². The molecular weight excluding hydrogens is 214 g/mol. The van der Waals surface area contributed by atoms with Crippen LogP contribution in [-0.2, 0) is 0 Å². The van der Waals surface area contributed by atoms with Crippen molar-refractivity contribution in [2.45, 2.75) is 37.6 Å². The van der Waals surface area contributed by atoms with E-state index < -0.39 is 0 Å². The molecule has 90 valence electrons. The van der Waals surface area contributed by atoms with Crippen LogP contribution in [0.3, 0.4) is 0 Å². The summed E-state index contributed by atoms with van der Waals surface area (Å²) in [6, 6.07) is 11.3. The number of rotatable bonds is 7. The Morgan fingerprint density at radius 3 is 2.50 bits per heavy atom. The van der Waals surface area contributed by atoms with Crippen LogP contribution in [0, 0.1) is 5.92 Å². The van der Waals surface area contributed by atoms with Crippen LogP contribution in [0.5, 0.6) is 0 Å². The van der Waals surface area contributed by atoms with Gasteiger partial charge in [-0.05, 0) is 31.5 Å². The van der Waals surface area contributed by atoms with Crippen molar-refractivity contribution >= 4 is 11.8 Å². The van der Waals surface area contributed by atoms with Crippen LogP contribution in [0.15, 0.2) is 35.2 Å². The van der Waals surface area contributed by atoms with E-state index in [-0.39, 0.29) is 0 Å². The molecule has 0 radical (unpaired) electrons. The molecule has 1 nitrogen and oxygen atoms in total. The highest BCUT2D eigenvalue weighted by Gasteiger charge is 2.14. The van der Waals surface area contributed by atoms with Gasteiger partial charge in [-0.25, -0.2) is 0 Å². The molecule has 0 aliphatic heterocycles. The zero-order valence-electron chi connectivity index (χ0n) is 10.6. The largest absolute Gasteiger partial charge is 0.316 e. The third-order valence-corrected chi connectivity index (χ3v) is 4.11. The predicted molar refractivity (Wildman–Crippen MR) is 74.1 cm³/mol. The van der Waals surface area contributed by atoms with Crippen LogP contribution in [0.2, 0.25) is 0 Å². The summed E-state index contributed by atoms with van der Waals surface area (Å²) in [6.07, 6.45) is 2.58. The van der Waals surface area contributed by atoms with Crippen LogP contribution in [0.1, 0.15) is 26.7 Å². The molecular formula is C14H23NS. The Morgan fingerprint density at radius 1 is 1.25 bits per heavy atom. The van der Waals surface area contributed by atoms with Crippen LogP contribution >= 0.6 is 11.8 Å². The lowest BCUT2D eigenvalue weighted by atomic mass is 9.98. The smallest absolute Gasteiger partial charge is 0.0184 e. The minimum atomic E-state index is 0.616. The van der Waals surface area contributed by atoms with Crippen molar-refractivity contribution in [3.8, 4) is 0 Å². The van der Waals surface area contributed by atoms with Crippen LogP contribution < -0.4 is 5.32 Å². The number of hydrogen-bond acceptors (Lipinski definition) is 2. The lowest BCUT2D eigenvalue weighted by Gasteiger charge is -2.22. The van der Waals surface area contributed by atoms with Crippen LogP contribution in [-0.4, -0.2) is 18.8 Å². The lowest BCUT2D eigenvalue weighted by Crippen LogP contribution is -2.34. The zero-order valence-corrected chi connectivity index (χ0v) is 11.4. The van der Waals surface area contributed by atoms with E-state index in [1.54, 1.807) is 0 Å². The second-order valence-electron chi connectivity index (χ2n) is 4.29. The van der Waals surface area contributed by atoms with E-state index in [2.05, 4.69) is 56.5 Å².